The van der Waals surface area contributed by atoms with E-state index in [1.54, 1.807) is 0 Å². The molecule has 0 aliphatic rings. The van der Waals surface area contributed by atoms with Crippen LogP contribution in [-0.2, 0) is 19.6 Å². The van der Waals surface area contributed by atoms with Crippen LogP contribution in [0, 0.1) is 0 Å². The molecule has 0 saturated carbocycles. The van der Waals surface area contributed by atoms with Gasteiger partial charge in [0.2, 0.25) is 0 Å². The normalized spacial score (nSPS) is 16.6. The molecule has 188 valence electrons. The van der Waals surface area contributed by atoms with Gasteiger partial charge in [-0.05, 0) is 0 Å². The smallest absolute Gasteiger partial charge is 0.281 e. The molecule has 0 rings (SSSR count). The van der Waals surface area contributed by atoms with E-state index in [-0.39, 0.29) is 0 Å². The third-order valence-corrected chi connectivity index (χ3v) is 3.54. The standard InChI is InChI=1S/C8HF17O5S/c9-1(10,2(11,12)8(24,25)31(26,27)28)4(16,17)29-6(20,21)7(22,23)30-5(18,19)3(13,14)15/h(H,26,27,28). The Hall–Kier alpha value is -1.36. The van der Waals surface area contributed by atoms with Crippen LogP contribution in [0.3, 0.4) is 0 Å². The summed E-state index contributed by atoms with van der Waals surface area (Å²) in [5, 5.41) is -7.64. The van der Waals surface area contributed by atoms with Crippen molar-refractivity contribution in [2.75, 3.05) is 0 Å². The van der Waals surface area contributed by atoms with Gasteiger partial charge in [-0.1, -0.05) is 0 Å². The molecular weight excluding hydrogens is 531 g/mol. The number of rotatable bonds is 9. The first-order valence-corrected chi connectivity index (χ1v) is 7.44. The van der Waals surface area contributed by atoms with Gasteiger partial charge in [0, 0.05) is 0 Å². The van der Waals surface area contributed by atoms with E-state index in [1.807, 2.05) is 0 Å². The fraction of sp³-hybridized carbons (Fsp3) is 1.00. The summed E-state index contributed by atoms with van der Waals surface area (Å²) in [4.78, 5) is 0. The Labute approximate surface area is 156 Å². The predicted molar refractivity (Wildman–Crippen MR) is 54.4 cm³/mol. The Morgan fingerprint density at radius 1 is 0.484 bits per heavy atom. The third-order valence-electron chi connectivity index (χ3n) is 2.63. The molecule has 0 aromatic rings. The fourth-order valence-corrected chi connectivity index (χ4v) is 1.54. The Kier molecular flexibility index (Phi) is 7.01. The van der Waals surface area contributed by atoms with E-state index in [2.05, 4.69) is 0 Å². The first-order valence-electron chi connectivity index (χ1n) is 6.00. The number of halogens is 17. The van der Waals surface area contributed by atoms with Crippen LogP contribution in [0.1, 0.15) is 0 Å². The van der Waals surface area contributed by atoms with Gasteiger partial charge in [0.15, 0.2) is 0 Å². The molecule has 1 N–H and O–H groups in total. The molecule has 0 aliphatic carbocycles. The third kappa shape index (κ3) is 4.86. The lowest BCUT2D eigenvalue weighted by molar-refractivity contribution is -0.553. The minimum atomic E-state index is -8.29. The van der Waals surface area contributed by atoms with E-state index in [1.165, 1.54) is 4.74 Å². The number of ether oxygens (including phenoxy) is 2. The molecule has 0 unspecified atom stereocenters. The Morgan fingerprint density at radius 2 is 0.774 bits per heavy atom. The summed E-state index contributed by atoms with van der Waals surface area (Å²) in [5.41, 5.74) is 0. The lowest BCUT2D eigenvalue weighted by Gasteiger charge is -2.37. The van der Waals surface area contributed by atoms with E-state index < -0.39 is 57.8 Å². The largest absolute Gasteiger partial charge is 0.483 e. The van der Waals surface area contributed by atoms with Crippen molar-refractivity contribution in [3.05, 3.63) is 0 Å². The molecule has 0 heterocycles. The fourth-order valence-electron chi connectivity index (χ4n) is 1.09. The zero-order valence-corrected chi connectivity index (χ0v) is 13.7. The monoisotopic (exact) mass is 532 g/mol. The minimum Gasteiger partial charge on any atom is -0.281 e. The average molecular weight is 532 g/mol. The van der Waals surface area contributed by atoms with Crippen molar-refractivity contribution in [3.63, 3.8) is 0 Å². The number of alkyl halides is 17. The molecule has 0 spiro atoms. The van der Waals surface area contributed by atoms with Gasteiger partial charge in [-0.2, -0.15) is 83.1 Å². The van der Waals surface area contributed by atoms with Crippen molar-refractivity contribution < 1.29 is 97.1 Å². The van der Waals surface area contributed by atoms with Crippen LogP contribution in [0.4, 0.5) is 74.6 Å². The van der Waals surface area contributed by atoms with E-state index >= 15 is 0 Å². The average Bonchev–Trinajstić information content (AvgIpc) is 2.41. The van der Waals surface area contributed by atoms with Gasteiger partial charge in [0.05, 0.1) is 0 Å². The van der Waals surface area contributed by atoms with Crippen molar-refractivity contribution in [2.45, 2.75) is 47.7 Å². The SMILES string of the molecule is O=S(=O)(O)C(F)(F)C(F)(F)C(F)(F)C(F)(F)OC(F)(F)C(F)(F)OC(F)(F)C(F)(F)F. The number of hydrogen-bond donors (Lipinski definition) is 1. The highest BCUT2D eigenvalue weighted by Crippen LogP contribution is 2.57. The molecule has 0 atom stereocenters. The quantitative estimate of drug-likeness (QED) is 0.345. The summed E-state index contributed by atoms with van der Waals surface area (Å²) >= 11 is 0. The summed E-state index contributed by atoms with van der Waals surface area (Å²) in [6, 6.07) is 0. The molecule has 0 fully saturated rings. The number of hydrogen-bond acceptors (Lipinski definition) is 4. The Balaban J connectivity index is 6.26. The molecular formula is C8HF17O5S. The first kappa shape index (κ1) is 29.6. The van der Waals surface area contributed by atoms with Gasteiger partial charge in [-0.15, -0.1) is 0 Å². The van der Waals surface area contributed by atoms with Crippen molar-refractivity contribution in [1.82, 2.24) is 0 Å². The molecule has 0 aliphatic heterocycles. The summed E-state index contributed by atoms with van der Waals surface area (Å²) in [5.74, 6) is -16.4. The van der Waals surface area contributed by atoms with E-state index in [0.29, 0.717) is 0 Å². The second-order valence-electron chi connectivity index (χ2n) is 4.91. The maximum atomic E-state index is 13.0. The summed E-state index contributed by atoms with van der Waals surface area (Å²) < 4.78 is 244. The van der Waals surface area contributed by atoms with Crippen molar-refractivity contribution >= 4 is 10.1 Å². The second kappa shape index (κ2) is 7.33. The Bertz CT molecular complexity index is 768. The van der Waals surface area contributed by atoms with Crippen LogP contribution in [0.5, 0.6) is 0 Å². The molecule has 31 heavy (non-hydrogen) atoms. The van der Waals surface area contributed by atoms with Gasteiger partial charge in [0.25, 0.3) is 0 Å². The molecule has 0 aromatic carbocycles. The second-order valence-corrected chi connectivity index (χ2v) is 6.37. The van der Waals surface area contributed by atoms with Crippen molar-refractivity contribution in [1.29, 1.82) is 0 Å². The van der Waals surface area contributed by atoms with Crippen LogP contribution >= 0.6 is 0 Å². The summed E-state index contributed by atoms with van der Waals surface area (Å²) in [6.45, 7) is 0. The van der Waals surface area contributed by atoms with Crippen LogP contribution in [-0.4, -0.2) is 60.7 Å². The lowest BCUT2D eigenvalue weighted by atomic mass is 10.1. The van der Waals surface area contributed by atoms with Crippen LogP contribution in [0.25, 0.3) is 0 Å². The van der Waals surface area contributed by atoms with E-state index in [0.717, 1.165) is 4.74 Å². The molecule has 5 nitrogen and oxygen atoms in total. The van der Waals surface area contributed by atoms with Crippen LogP contribution < -0.4 is 0 Å². The van der Waals surface area contributed by atoms with Crippen LogP contribution in [0.15, 0.2) is 0 Å². The lowest BCUT2D eigenvalue weighted by Crippen LogP contribution is -2.67. The van der Waals surface area contributed by atoms with Gasteiger partial charge >= 0.3 is 57.8 Å². The molecule has 0 saturated heterocycles. The van der Waals surface area contributed by atoms with Gasteiger partial charge in [-0.25, -0.2) is 9.47 Å². The van der Waals surface area contributed by atoms with Crippen LogP contribution in [0.2, 0.25) is 0 Å². The van der Waals surface area contributed by atoms with E-state index in [9.17, 15) is 83.1 Å². The zero-order chi connectivity index (χ0) is 25.9. The molecule has 0 aromatic heterocycles. The van der Waals surface area contributed by atoms with E-state index in [4.69, 9.17) is 4.55 Å². The van der Waals surface area contributed by atoms with Gasteiger partial charge in [0.1, 0.15) is 0 Å². The Morgan fingerprint density at radius 3 is 1.03 bits per heavy atom. The first-order chi connectivity index (χ1) is 12.9. The highest BCUT2D eigenvalue weighted by Gasteiger charge is 2.87. The van der Waals surface area contributed by atoms with Crippen molar-refractivity contribution in [2.24, 2.45) is 0 Å². The molecule has 0 amide bonds. The summed E-state index contributed by atoms with van der Waals surface area (Å²) in [7, 11) is -7.75. The highest BCUT2D eigenvalue weighted by atomic mass is 32.2. The van der Waals surface area contributed by atoms with Gasteiger partial charge < -0.3 is 0 Å². The van der Waals surface area contributed by atoms with Crippen molar-refractivity contribution in [3.8, 4) is 0 Å². The minimum absolute atomic E-state index is 1.13. The maximum Gasteiger partial charge on any atom is 0.483 e. The highest BCUT2D eigenvalue weighted by molar-refractivity contribution is 7.87. The van der Waals surface area contributed by atoms with Gasteiger partial charge in [-0.3, -0.25) is 4.55 Å². The maximum absolute atomic E-state index is 13.0. The topological polar surface area (TPSA) is 72.8 Å². The molecule has 0 bridgehead atoms. The predicted octanol–water partition coefficient (Wildman–Crippen LogP) is 4.70. The zero-order valence-electron chi connectivity index (χ0n) is 12.9. The molecule has 0 radical (unpaired) electrons. The summed E-state index contributed by atoms with van der Waals surface area (Å²) in [6.07, 6.45) is -38.2. The molecule has 23 heteroatoms.